The number of hydrogen-bond donors (Lipinski definition) is 2. The fourth-order valence-electron chi connectivity index (χ4n) is 4.45. The van der Waals surface area contributed by atoms with E-state index in [9.17, 15) is 4.79 Å². The van der Waals surface area contributed by atoms with Gasteiger partial charge in [0, 0.05) is 27.4 Å². The molecule has 152 valence electrons. The number of allylic oxidation sites excluding steroid dienone is 1. The van der Waals surface area contributed by atoms with Crippen LogP contribution in [0.3, 0.4) is 0 Å². The van der Waals surface area contributed by atoms with Crippen molar-refractivity contribution in [3.05, 3.63) is 87.3 Å². The maximum atomic E-state index is 13.5. The normalized spacial score (nSPS) is 20.5. The number of benzene rings is 2. The number of aryl methyl sites for hydroxylation is 1. The fraction of sp³-hybridized carbons (Fsp3) is 0.240. The minimum atomic E-state index is -0.131. The number of rotatable bonds is 3. The Morgan fingerprint density at radius 1 is 1.00 bits per heavy atom. The molecule has 2 aliphatic rings. The van der Waals surface area contributed by atoms with Crippen LogP contribution < -0.4 is 15.4 Å². The van der Waals surface area contributed by atoms with Gasteiger partial charge in [0.1, 0.15) is 5.75 Å². The quantitative estimate of drug-likeness (QED) is 0.546. The van der Waals surface area contributed by atoms with Crippen LogP contribution in [0.1, 0.15) is 40.1 Å². The molecule has 5 rings (SSSR count). The molecule has 3 aromatic rings. The molecule has 0 saturated heterocycles. The van der Waals surface area contributed by atoms with Crippen LogP contribution >= 0.6 is 11.3 Å². The molecule has 0 fully saturated rings. The number of anilines is 2. The third kappa shape index (κ3) is 3.39. The van der Waals surface area contributed by atoms with Crippen molar-refractivity contribution < 1.29 is 9.53 Å². The summed E-state index contributed by atoms with van der Waals surface area (Å²) in [6, 6.07) is 20.4. The van der Waals surface area contributed by atoms with Crippen LogP contribution in [-0.2, 0) is 4.79 Å². The summed E-state index contributed by atoms with van der Waals surface area (Å²) < 4.78 is 5.40. The number of fused-ring (bicyclic) bond motifs is 1. The van der Waals surface area contributed by atoms with E-state index in [4.69, 9.17) is 4.74 Å². The number of hydrogen-bond acceptors (Lipinski definition) is 5. The van der Waals surface area contributed by atoms with Crippen LogP contribution in [0.25, 0.3) is 0 Å². The minimum absolute atomic E-state index is 0.131. The summed E-state index contributed by atoms with van der Waals surface area (Å²) in [5.41, 5.74) is 5.07. The summed E-state index contributed by atoms with van der Waals surface area (Å²) >= 11 is 1.74. The summed E-state index contributed by atoms with van der Waals surface area (Å²) in [4.78, 5) is 15.9. The van der Waals surface area contributed by atoms with Gasteiger partial charge in [-0.05, 0) is 61.2 Å². The van der Waals surface area contributed by atoms with Crippen molar-refractivity contribution in [1.82, 2.24) is 0 Å². The first-order valence-electron chi connectivity index (χ1n) is 10.2. The Morgan fingerprint density at radius 2 is 1.83 bits per heavy atom. The monoisotopic (exact) mass is 416 g/mol. The van der Waals surface area contributed by atoms with E-state index in [1.807, 2.05) is 30.3 Å². The van der Waals surface area contributed by atoms with Crippen LogP contribution in [0.2, 0.25) is 0 Å². The minimum Gasteiger partial charge on any atom is -0.497 e. The Bertz CT molecular complexity index is 1150. The molecule has 1 aliphatic heterocycles. The van der Waals surface area contributed by atoms with Gasteiger partial charge < -0.3 is 15.4 Å². The van der Waals surface area contributed by atoms with Crippen LogP contribution in [0, 0.1) is 6.92 Å². The molecular formula is C25H24N2O2S. The van der Waals surface area contributed by atoms with Gasteiger partial charge in [-0.2, -0.15) is 0 Å². The number of ketones is 1. The third-order valence-corrected chi connectivity index (χ3v) is 6.99. The van der Waals surface area contributed by atoms with Gasteiger partial charge in [-0.1, -0.05) is 24.3 Å². The van der Waals surface area contributed by atoms with Crippen LogP contribution in [0.5, 0.6) is 5.75 Å². The molecule has 1 aliphatic carbocycles. The molecule has 2 aromatic carbocycles. The lowest BCUT2D eigenvalue weighted by Gasteiger charge is -2.29. The smallest absolute Gasteiger partial charge is 0.163 e. The SMILES string of the molecule is COc1cccc([C@H]2CC(=O)C3=C(C2)Nc2ccccc2N[C@@H]3c2ccc(C)s2)c1. The lowest BCUT2D eigenvalue weighted by Crippen LogP contribution is -2.26. The second-order valence-electron chi connectivity index (χ2n) is 7.89. The van der Waals surface area contributed by atoms with E-state index in [1.54, 1.807) is 18.4 Å². The lowest BCUT2D eigenvalue weighted by atomic mass is 9.79. The molecule has 30 heavy (non-hydrogen) atoms. The van der Waals surface area contributed by atoms with E-state index < -0.39 is 0 Å². The van der Waals surface area contributed by atoms with E-state index >= 15 is 0 Å². The molecule has 5 heteroatoms. The third-order valence-electron chi connectivity index (χ3n) is 5.92. The van der Waals surface area contributed by atoms with Crippen molar-refractivity contribution in [3.63, 3.8) is 0 Å². The molecule has 2 atom stereocenters. The molecule has 0 spiro atoms. The van der Waals surface area contributed by atoms with E-state index in [1.165, 1.54) is 9.75 Å². The van der Waals surface area contributed by atoms with Gasteiger partial charge in [0.25, 0.3) is 0 Å². The molecule has 4 nitrogen and oxygen atoms in total. The highest BCUT2D eigenvalue weighted by atomic mass is 32.1. The zero-order chi connectivity index (χ0) is 20.7. The summed E-state index contributed by atoms with van der Waals surface area (Å²) in [6.45, 7) is 2.11. The van der Waals surface area contributed by atoms with Crippen molar-refractivity contribution in [1.29, 1.82) is 0 Å². The van der Waals surface area contributed by atoms with Crippen molar-refractivity contribution in [2.24, 2.45) is 0 Å². The van der Waals surface area contributed by atoms with Gasteiger partial charge >= 0.3 is 0 Å². The first kappa shape index (κ1) is 18.9. The topological polar surface area (TPSA) is 50.4 Å². The average Bonchev–Trinajstić information content (AvgIpc) is 3.11. The second-order valence-corrected chi connectivity index (χ2v) is 9.21. The highest BCUT2D eigenvalue weighted by molar-refractivity contribution is 7.12. The Kier molecular flexibility index (Phi) is 4.83. The molecule has 2 heterocycles. The van der Waals surface area contributed by atoms with Crippen molar-refractivity contribution >= 4 is 28.5 Å². The molecule has 1 aromatic heterocycles. The molecular weight excluding hydrogens is 392 g/mol. The predicted molar refractivity (Wildman–Crippen MR) is 122 cm³/mol. The van der Waals surface area contributed by atoms with Crippen molar-refractivity contribution in [2.45, 2.75) is 31.7 Å². The van der Waals surface area contributed by atoms with Crippen LogP contribution in [0.15, 0.2) is 71.9 Å². The standard InChI is InChI=1S/C25H24N2O2S/c1-15-10-11-23(30-15)25-24-21(26-19-8-3-4-9-20(19)27-25)13-17(14-22(24)28)16-6-5-7-18(12-16)29-2/h3-12,17,25-27H,13-14H2,1-2H3/t17-,25-/m1/s1. The molecule has 2 N–H and O–H groups in total. The molecule has 0 amide bonds. The van der Waals surface area contributed by atoms with Crippen molar-refractivity contribution in [2.75, 3.05) is 17.7 Å². The van der Waals surface area contributed by atoms with E-state index in [0.717, 1.165) is 40.4 Å². The highest BCUT2D eigenvalue weighted by Gasteiger charge is 2.36. The van der Waals surface area contributed by atoms with Gasteiger partial charge in [0.15, 0.2) is 5.78 Å². The number of carbonyl (C=O) groups is 1. The zero-order valence-electron chi connectivity index (χ0n) is 17.1. The number of carbonyl (C=O) groups excluding carboxylic acids is 1. The van der Waals surface area contributed by atoms with E-state index in [2.05, 4.69) is 47.9 Å². The van der Waals surface area contributed by atoms with Gasteiger partial charge in [0.2, 0.25) is 0 Å². The zero-order valence-corrected chi connectivity index (χ0v) is 17.9. The maximum absolute atomic E-state index is 13.5. The van der Waals surface area contributed by atoms with Crippen LogP contribution in [-0.4, -0.2) is 12.9 Å². The van der Waals surface area contributed by atoms with Gasteiger partial charge in [0.05, 0.1) is 24.5 Å². The number of para-hydroxylation sites is 2. The van der Waals surface area contributed by atoms with Gasteiger partial charge in [-0.15, -0.1) is 11.3 Å². The van der Waals surface area contributed by atoms with Crippen LogP contribution in [0.4, 0.5) is 11.4 Å². The predicted octanol–water partition coefficient (Wildman–Crippen LogP) is 6.04. The fourth-order valence-corrected chi connectivity index (χ4v) is 5.38. The molecule has 0 saturated carbocycles. The largest absolute Gasteiger partial charge is 0.497 e. The number of Topliss-reactive ketones (excluding diaryl/α,β-unsaturated/α-hetero) is 1. The Balaban J connectivity index is 1.59. The lowest BCUT2D eigenvalue weighted by molar-refractivity contribution is -0.116. The van der Waals surface area contributed by atoms with Gasteiger partial charge in [-0.3, -0.25) is 4.79 Å². The molecule has 0 unspecified atom stereocenters. The number of thiophene rings is 1. The highest BCUT2D eigenvalue weighted by Crippen LogP contribution is 2.45. The Hall–Kier alpha value is -3.05. The maximum Gasteiger partial charge on any atom is 0.163 e. The van der Waals surface area contributed by atoms with Crippen molar-refractivity contribution in [3.8, 4) is 5.75 Å². The number of nitrogens with one attached hydrogen (secondary N) is 2. The summed E-state index contributed by atoms with van der Waals surface area (Å²) in [7, 11) is 1.68. The van der Waals surface area contributed by atoms with E-state index in [-0.39, 0.29) is 17.7 Å². The van der Waals surface area contributed by atoms with Gasteiger partial charge in [-0.25, -0.2) is 0 Å². The first-order valence-corrected chi connectivity index (χ1v) is 11.0. The number of ether oxygens (including phenoxy) is 1. The molecule has 0 bridgehead atoms. The number of methoxy groups -OCH3 is 1. The average molecular weight is 417 g/mol. The first-order chi connectivity index (χ1) is 14.6. The Morgan fingerprint density at radius 3 is 2.60 bits per heavy atom. The second kappa shape index (κ2) is 7.65. The summed E-state index contributed by atoms with van der Waals surface area (Å²) in [5.74, 6) is 1.16. The summed E-state index contributed by atoms with van der Waals surface area (Å²) in [6.07, 6.45) is 1.30. The van der Waals surface area contributed by atoms with E-state index in [0.29, 0.717) is 6.42 Å². The molecule has 0 radical (unpaired) electrons. The summed E-state index contributed by atoms with van der Waals surface area (Å²) in [5, 5.41) is 7.24. The Labute approximate surface area is 180 Å².